The van der Waals surface area contributed by atoms with Gasteiger partial charge in [-0.05, 0) is 14.0 Å². The number of likely N-dealkylation sites (N-methyl/N-ethyl adjacent to an activating group) is 1. The molecule has 1 unspecified atom stereocenters. The van der Waals surface area contributed by atoms with Crippen LogP contribution in [-0.4, -0.2) is 48.1 Å². The van der Waals surface area contributed by atoms with Crippen molar-refractivity contribution < 1.29 is 14.7 Å². The molecule has 1 heterocycles. The fraction of sp³-hybridized carbons (Fsp3) is 0.778. The van der Waals surface area contributed by atoms with Crippen molar-refractivity contribution in [3.05, 3.63) is 0 Å². The topological polar surface area (TPSA) is 69.6 Å². The molecule has 14 heavy (non-hydrogen) atoms. The van der Waals surface area contributed by atoms with Crippen molar-refractivity contribution in [1.82, 2.24) is 10.2 Å². The van der Waals surface area contributed by atoms with Crippen LogP contribution in [0.4, 0.5) is 0 Å². The molecule has 5 heteroatoms. The van der Waals surface area contributed by atoms with Crippen molar-refractivity contribution in [2.45, 2.75) is 19.4 Å². The number of aliphatic carboxylic acids is 1. The summed E-state index contributed by atoms with van der Waals surface area (Å²) in [7, 11) is 1.73. The van der Waals surface area contributed by atoms with E-state index in [2.05, 4.69) is 5.32 Å². The maximum absolute atomic E-state index is 11.5. The second-order valence-corrected chi connectivity index (χ2v) is 3.72. The Bertz CT molecular complexity index is 236. The third-order valence-corrected chi connectivity index (χ3v) is 2.54. The van der Waals surface area contributed by atoms with E-state index in [1.54, 1.807) is 18.9 Å². The van der Waals surface area contributed by atoms with E-state index in [1.807, 2.05) is 0 Å². The van der Waals surface area contributed by atoms with Gasteiger partial charge in [0, 0.05) is 19.0 Å². The number of carboxylic acid groups (broad SMARTS) is 1. The predicted molar refractivity (Wildman–Crippen MR) is 50.8 cm³/mol. The molecular formula is C9H16N2O3. The summed E-state index contributed by atoms with van der Waals surface area (Å²) in [4.78, 5) is 23.5. The van der Waals surface area contributed by atoms with E-state index < -0.39 is 5.97 Å². The smallest absolute Gasteiger partial charge is 0.303 e. The Morgan fingerprint density at radius 1 is 1.57 bits per heavy atom. The van der Waals surface area contributed by atoms with Crippen LogP contribution in [0, 0.1) is 5.92 Å². The molecule has 80 valence electrons. The van der Waals surface area contributed by atoms with Crippen LogP contribution in [0.1, 0.15) is 13.3 Å². The van der Waals surface area contributed by atoms with Crippen LogP contribution < -0.4 is 5.32 Å². The first-order chi connectivity index (χ1) is 6.54. The zero-order chi connectivity index (χ0) is 10.7. The van der Waals surface area contributed by atoms with E-state index in [0.29, 0.717) is 13.1 Å². The minimum atomic E-state index is -0.788. The van der Waals surface area contributed by atoms with Crippen LogP contribution >= 0.6 is 0 Å². The fourth-order valence-electron chi connectivity index (χ4n) is 1.52. The van der Waals surface area contributed by atoms with Gasteiger partial charge in [-0.25, -0.2) is 0 Å². The molecule has 1 rings (SSSR count). The van der Waals surface area contributed by atoms with Gasteiger partial charge in [-0.15, -0.1) is 0 Å². The molecule has 0 spiro atoms. The second kappa shape index (κ2) is 4.41. The minimum Gasteiger partial charge on any atom is -0.481 e. The van der Waals surface area contributed by atoms with Gasteiger partial charge < -0.3 is 15.3 Å². The largest absolute Gasteiger partial charge is 0.481 e. The molecule has 0 aromatic heterocycles. The summed E-state index contributed by atoms with van der Waals surface area (Å²) < 4.78 is 0. The third-order valence-electron chi connectivity index (χ3n) is 2.54. The second-order valence-electron chi connectivity index (χ2n) is 3.72. The van der Waals surface area contributed by atoms with Crippen molar-refractivity contribution in [3.8, 4) is 0 Å². The van der Waals surface area contributed by atoms with Crippen LogP contribution in [-0.2, 0) is 9.59 Å². The Kier molecular flexibility index (Phi) is 3.46. The summed E-state index contributed by atoms with van der Waals surface area (Å²) in [5, 5.41) is 11.4. The van der Waals surface area contributed by atoms with Crippen molar-refractivity contribution >= 4 is 11.9 Å². The highest BCUT2D eigenvalue weighted by Gasteiger charge is 2.33. The maximum atomic E-state index is 11.5. The maximum Gasteiger partial charge on any atom is 0.303 e. The highest BCUT2D eigenvalue weighted by molar-refractivity contribution is 5.82. The van der Waals surface area contributed by atoms with Gasteiger partial charge in [-0.2, -0.15) is 0 Å². The Balaban J connectivity index is 2.27. The molecule has 1 aliphatic rings. The van der Waals surface area contributed by atoms with Crippen molar-refractivity contribution in [3.63, 3.8) is 0 Å². The lowest BCUT2D eigenvalue weighted by Crippen LogP contribution is -2.55. The quantitative estimate of drug-likeness (QED) is 0.643. The Labute approximate surface area is 83.1 Å². The molecule has 2 N–H and O–H groups in total. The standard InChI is InChI=1S/C9H16N2O3/c1-6(10-2)9(14)11-4-7(5-11)3-8(12)13/h6-7,10H,3-5H2,1-2H3,(H,12,13). The van der Waals surface area contributed by atoms with E-state index in [1.165, 1.54) is 0 Å². The van der Waals surface area contributed by atoms with Crippen molar-refractivity contribution in [1.29, 1.82) is 0 Å². The number of carboxylic acids is 1. The molecule has 0 aromatic carbocycles. The molecule has 1 amide bonds. The van der Waals surface area contributed by atoms with Crippen LogP contribution in [0.2, 0.25) is 0 Å². The van der Waals surface area contributed by atoms with E-state index in [-0.39, 0.29) is 24.3 Å². The highest BCUT2D eigenvalue weighted by atomic mass is 16.4. The summed E-state index contributed by atoms with van der Waals surface area (Å²) in [6.45, 7) is 2.96. The normalized spacial score (nSPS) is 18.9. The van der Waals surface area contributed by atoms with Crippen LogP contribution in [0.25, 0.3) is 0 Å². The summed E-state index contributed by atoms with van der Waals surface area (Å²) in [6.07, 6.45) is 0.164. The van der Waals surface area contributed by atoms with E-state index in [0.717, 1.165) is 0 Å². The Morgan fingerprint density at radius 3 is 2.57 bits per heavy atom. The first-order valence-electron chi connectivity index (χ1n) is 4.72. The molecule has 1 fully saturated rings. The molecule has 0 aromatic rings. The summed E-state index contributed by atoms with van der Waals surface area (Å²) in [5.41, 5.74) is 0. The van der Waals surface area contributed by atoms with Gasteiger partial charge in [-0.3, -0.25) is 9.59 Å². The molecule has 0 bridgehead atoms. The Morgan fingerprint density at radius 2 is 2.14 bits per heavy atom. The van der Waals surface area contributed by atoms with Crippen molar-refractivity contribution in [2.24, 2.45) is 5.92 Å². The molecule has 1 atom stereocenters. The highest BCUT2D eigenvalue weighted by Crippen LogP contribution is 2.19. The van der Waals surface area contributed by atoms with Gasteiger partial charge in [0.05, 0.1) is 12.5 Å². The lowest BCUT2D eigenvalue weighted by atomic mass is 9.96. The lowest BCUT2D eigenvalue weighted by molar-refractivity contribution is -0.145. The van der Waals surface area contributed by atoms with Crippen LogP contribution in [0.5, 0.6) is 0 Å². The van der Waals surface area contributed by atoms with E-state index in [4.69, 9.17) is 5.11 Å². The molecule has 0 saturated carbocycles. The van der Waals surface area contributed by atoms with Crippen molar-refractivity contribution in [2.75, 3.05) is 20.1 Å². The number of carbonyl (C=O) groups is 2. The SMILES string of the molecule is CNC(C)C(=O)N1CC(CC(=O)O)C1. The summed E-state index contributed by atoms with van der Waals surface area (Å²) >= 11 is 0. The number of nitrogens with one attached hydrogen (secondary N) is 1. The molecule has 0 radical (unpaired) electrons. The Hall–Kier alpha value is -1.10. The van der Waals surface area contributed by atoms with Gasteiger partial charge in [0.1, 0.15) is 0 Å². The average molecular weight is 200 g/mol. The molecule has 0 aliphatic carbocycles. The third kappa shape index (κ3) is 2.45. The minimum absolute atomic E-state index is 0.0501. The van der Waals surface area contributed by atoms with E-state index in [9.17, 15) is 9.59 Å². The lowest BCUT2D eigenvalue weighted by Gasteiger charge is -2.39. The fourth-order valence-corrected chi connectivity index (χ4v) is 1.52. The molecule has 5 nitrogen and oxygen atoms in total. The first kappa shape index (κ1) is 11.0. The summed E-state index contributed by atoms with van der Waals surface area (Å²) in [6, 6.07) is -0.180. The predicted octanol–water partition coefficient (Wildman–Crippen LogP) is -0.473. The van der Waals surface area contributed by atoms with Gasteiger partial charge in [-0.1, -0.05) is 0 Å². The zero-order valence-electron chi connectivity index (χ0n) is 8.49. The number of carbonyl (C=O) groups excluding carboxylic acids is 1. The van der Waals surface area contributed by atoms with Gasteiger partial charge in [0.15, 0.2) is 0 Å². The summed E-state index contributed by atoms with van der Waals surface area (Å²) in [5.74, 6) is -0.599. The number of hydrogen-bond donors (Lipinski definition) is 2. The molecule has 1 aliphatic heterocycles. The average Bonchev–Trinajstić information content (AvgIpc) is 2.07. The number of hydrogen-bond acceptors (Lipinski definition) is 3. The number of rotatable bonds is 4. The molecule has 1 saturated heterocycles. The monoisotopic (exact) mass is 200 g/mol. The van der Waals surface area contributed by atoms with Gasteiger partial charge in [0.2, 0.25) is 5.91 Å². The van der Waals surface area contributed by atoms with Gasteiger partial charge in [0.25, 0.3) is 0 Å². The first-order valence-corrected chi connectivity index (χ1v) is 4.72. The number of likely N-dealkylation sites (tertiary alicyclic amines) is 1. The number of amides is 1. The van der Waals surface area contributed by atoms with E-state index >= 15 is 0 Å². The zero-order valence-corrected chi connectivity index (χ0v) is 8.49. The number of nitrogens with zero attached hydrogens (tertiary/aromatic N) is 1. The molecular weight excluding hydrogens is 184 g/mol. The van der Waals surface area contributed by atoms with Crippen LogP contribution in [0.3, 0.4) is 0 Å². The van der Waals surface area contributed by atoms with Gasteiger partial charge >= 0.3 is 5.97 Å². The van der Waals surface area contributed by atoms with Crippen LogP contribution in [0.15, 0.2) is 0 Å².